The van der Waals surface area contributed by atoms with E-state index in [1.54, 1.807) is 0 Å². The van der Waals surface area contributed by atoms with Gasteiger partial charge < -0.3 is 9.32 Å². The smallest absolute Gasteiger partial charge is 0.335 e. The Kier molecular flexibility index (Phi) is 3.21. The Morgan fingerprint density at radius 2 is 1.75 bits per heavy atom. The quantitative estimate of drug-likeness (QED) is 0.858. The maximum Gasteiger partial charge on any atom is 0.335 e. The van der Waals surface area contributed by atoms with E-state index in [0.717, 1.165) is 30.6 Å². The Balaban J connectivity index is 1.85. The zero-order chi connectivity index (χ0) is 14.2. The zero-order valence-electron chi connectivity index (χ0n) is 11.1. The van der Waals surface area contributed by atoms with Gasteiger partial charge in [0.2, 0.25) is 15.7 Å². The number of sulfone groups is 1. The largest absolute Gasteiger partial charge is 0.408 e. The minimum absolute atomic E-state index is 0.221. The number of benzene rings is 1. The average molecular weight is 293 g/mol. The number of aromatic nitrogens is 2. The van der Waals surface area contributed by atoms with Crippen LogP contribution in [-0.4, -0.2) is 38.0 Å². The van der Waals surface area contributed by atoms with Gasteiger partial charge in [0.1, 0.15) is 0 Å². The summed E-state index contributed by atoms with van der Waals surface area (Å²) in [4.78, 5) is 2.32. The predicted octanol–water partition coefficient (Wildman–Crippen LogP) is 1.74. The van der Waals surface area contributed by atoms with Crippen molar-refractivity contribution in [1.82, 2.24) is 10.2 Å². The van der Waals surface area contributed by atoms with E-state index in [9.17, 15) is 8.42 Å². The number of hydrogen-bond acceptors (Lipinski definition) is 6. The fourth-order valence-corrected chi connectivity index (χ4v) is 2.69. The first-order chi connectivity index (χ1) is 9.54. The summed E-state index contributed by atoms with van der Waals surface area (Å²) in [5.41, 5.74) is 1.88. The highest BCUT2D eigenvalue weighted by atomic mass is 32.2. The lowest BCUT2D eigenvalue weighted by Gasteiger charge is -2.17. The minimum atomic E-state index is -3.46. The van der Waals surface area contributed by atoms with Gasteiger partial charge in [-0.05, 0) is 37.1 Å². The molecule has 0 N–H and O–H groups in total. The first kappa shape index (κ1) is 13.1. The van der Waals surface area contributed by atoms with Crippen LogP contribution in [0.25, 0.3) is 11.5 Å². The molecule has 0 bridgehead atoms. The van der Waals surface area contributed by atoms with E-state index < -0.39 is 9.84 Å². The van der Waals surface area contributed by atoms with Gasteiger partial charge in [-0.25, -0.2) is 8.42 Å². The molecule has 1 saturated heterocycles. The third-order valence-electron chi connectivity index (χ3n) is 3.31. The Bertz CT molecular complexity index is 701. The van der Waals surface area contributed by atoms with Crippen molar-refractivity contribution in [3.63, 3.8) is 0 Å². The molecule has 0 spiro atoms. The maximum atomic E-state index is 11.3. The van der Waals surface area contributed by atoms with Gasteiger partial charge in [0.05, 0.1) is 0 Å². The fourth-order valence-electron chi connectivity index (χ4n) is 2.27. The lowest BCUT2D eigenvalue weighted by atomic mass is 10.2. The van der Waals surface area contributed by atoms with Crippen molar-refractivity contribution < 1.29 is 12.8 Å². The molecule has 0 saturated carbocycles. The first-order valence-corrected chi connectivity index (χ1v) is 8.32. The van der Waals surface area contributed by atoms with Crippen LogP contribution in [0.15, 0.2) is 33.9 Å². The number of rotatable bonds is 3. The van der Waals surface area contributed by atoms with E-state index in [1.165, 1.54) is 12.8 Å². The third-order valence-corrected chi connectivity index (χ3v) is 4.11. The second kappa shape index (κ2) is 4.90. The second-order valence-corrected chi connectivity index (χ2v) is 6.78. The molecule has 1 aliphatic rings. The molecule has 2 aromatic rings. The summed E-state index contributed by atoms with van der Waals surface area (Å²) in [5.74, 6) is 0.221. The summed E-state index contributed by atoms with van der Waals surface area (Å²) in [7, 11) is -3.46. The number of hydrogen-bond donors (Lipinski definition) is 0. The Hall–Kier alpha value is -1.89. The molecule has 0 atom stereocenters. The van der Waals surface area contributed by atoms with E-state index in [2.05, 4.69) is 15.1 Å². The van der Waals surface area contributed by atoms with Crippen LogP contribution in [-0.2, 0) is 9.84 Å². The van der Waals surface area contributed by atoms with Gasteiger partial charge in [0.15, 0.2) is 0 Å². The average Bonchev–Trinajstić information content (AvgIpc) is 3.10. The highest BCUT2D eigenvalue weighted by Crippen LogP contribution is 2.25. The molecule has 20 heavy (non-hydrogen) atoms. The minimum Gasteiger partial charge on any atom is -0.408 e. The van der Waals surface area contributed by atoms with Crippen LogP contribution in [0.3, 0.4) is 0 Å². The molecule has 1 aromatic carbocycles. The van der Waals surface area contributed by atoms with Crippen LogP contribution in [0.5, 0.6) is 0 Å². The third kappa shape index (κ3) is 2.53. The van der Waals surface area contributed by atoms with Gasteiger partial charge in [0, 0.05) is 30.6 Å². The molecule has 1 fully saturated rings. The van der Waals surface area contributed by atoms with Crippen LogP contribution < -0.4 is 4.90 Å². The van der Waals surface area contributed by atoms with Crippen LogP contribution >= 0.6 is 0 Å². The lowest BCUT2D eigenvalue weighted by molar-refractivity contribution is 0.442. The molecular weight excluding hydrogens is 278 g/mol. The molecule has 2 heterocycles. The molecule has 7 heteroatoms. The van der Waals surface area contributed by atoms with Crippen molar-refractivity contribution in [3.8, 4) is 11.5 Å². The van der Waals surface area contributed by atoms with Crippen LogP contribution in [0.2, 0.25) is 0 Å². The number of anilines is 1. The topological polar surface area (TPSA) is 76.3 Å². The van der Waals surface area contributed by atoms with Gasteiger partial charge in [-0.15, -0.1) is 5.10 Å². The van der Waals surface area contributed by atoms with Gasteiger partial charge in [-0.3, -0.25) is 0 Å². The molecule has 0 unspecified atom stereocenters. The molecule has 6 nitrogen and oxygen atoms in total. The maximum absolute atomic E-state index is 11.3. The molecule has 0 aliphatic carbocycles. The Morgan fingerprint density at radius 1 is 1.10 bits per heavy atom. The lowest BCUT2D eigenvalue weighted by Crippen LogP contribution is -2.17. The Morgan fingerprint density at radius 3 is 2.30 bits per heavy atom. The molecule has 1 aromatic heterocycles. The molecule has 0 radical (unpaired) electrons. The number of nitrogens with zero attached hydrogens (tertiary/aromatic N) is 3. The van der Waals surface area contributed by atoms with Crippen molar-refractivity contribution in [3.05, 3.63) is 24.3 Å². The van der Waals surface area contributed by atoms with Crippen LogP contribution in [0.1, 0.15) is 12.8 Å². The highest BCUT2D eigenvalue weighted by Gasteiger charge is 2.18. The van der Waals surface area contributed by atoms with E-state index in [1.807, 2.05) is 24.3 Å². The summed E-state index contributed by atoms with van der Waals surface area (Å²) in [6.45, 7) is 2.16. The zero-order valence-corrected chi connectivity index (χ0v) is 11.9. The molecule has 106 valence electrons. The fraction of sp³-hybridized carbons (Fsp3) is 0.385. The molecular formula is C13H15N3O3S. The second-order valence-electron chi connectivity index (χ2n) is 4.89. The van der Waals surface area contributed by atoms with Crippen molar-refractivity contribution >= 4 is 15.5 Å². The normalized spacial score (nSPS) is 15.8. The van der Waals surface area contributed by atoms with Gasteiger partial charge in [-0.2, -0.15) is 0 Å². The molecule has 1 aliphatic heterocycles. The SMILES string of the molecule is CS(=O)(=O)c1nnc(-c2ccc(N3CCCC3)cc2)o1. The van der Waals surface area contributed by atoms with Crippen LogP contribution in [0.4, 0.5) is 5.69 Å². The summed E-state index contributed by atoms with van der Waals surface area (Å²) in [6, 6.07) is 7.72. The van der Waals surface area contributed by atoms with Crippen molar-refractivity contribution in [2.45, 2.75) is 18.1 Å². The highest BCUT2D eigenvalue weighted by molar-refractivity contribution is 7.90. The summed E-state index contributed by atoms with van der Waals surface area (Å²) < 4.78 is 27.8. The molecule has 0 amide bonds. The molecule has 3 rings (SSSR count). The monoisotopic (exact) mass is 293 g/mol. The van der Waals surface area contributed by atoms with Gasteiger partial charge >= 0.3 is 5.22 Å². The summed E-state index contributed by atoms with van der Waals surface area (Å²) >= 11 is 0. The first-order valence-electron chi connectivity index (χ1n) is 6.43. The standard InChI is InChI=1S/C13H15N3O3S/c1-20(17,18)13-15-14-12(19-13)10-4-6-11(7-5-10)16-8-2-3-9-16/h4-7H,2-3,8-9H2,1H3. The van der Waals surface area contributed by atoms with E-state index >= 15 is 0 Å². The van der Waals surface area contributed by atoms with Crippen LogP contribution in [0, 0.1) is 0 Å². The van der Waals surface area contributed by atoms with Gasteiger partial charge in [0.25, 0.3) is 0 Å². The van der Waals surface area contributed by atoms with E-state index in [-0.39, 0.29) is 11.1 Å². The van der Waals surface area contributed by atoms with E-state index in [0.29, 0.717) is 0 Å². The van der Waals surface area contributed by atoms with Crippen molar-refractivity contribution in [2.75, 3.05) is 24.2 Å². The Labute approximate surface area is 117 Å². The van der Waals surface area contributed by atoms with Crippen molar-refractivity contribution in [1.29, 1.82) is 0 Å². The summed E-state index contributed by atoms with van der Waals surface area (Å²) in [5, 5.41) is 6.97. The van der Waals surface area contributed by atoms with Crippen molar-refractivity contribution in [2.24, 2.45) is 0 Å². The van der Waals surface area contributed by atoms with E-state index in [4.69, 9.17) is 4.42 Å². The summed E-state index contributed by atoms with van der Waals surface area (Å²) in [6.07, 6.45) is 3.49. The predicted molar refractivity (Wildman–Crippen MR) is 74.3 cm³/mol. The van der Waals surface area contributed by atoms with Gasteiger partial charge in [-0.1, -0.05) is 5.10 Å².